The van der Waals surface area contributed by atoms with Gasteiger partial charge >= 0.3 is 6.18 Å². The van der Waals surface area contributed by atoms with Crippen LogP contribution in [-0.4, -0.2) is 45.5 Å². The van der Waals surface area contributed by atoms with Crippen LogP contribution < -0.4 is 15.8 Å². The fourth-order valence-electron chi connectivity index (χ4n) is 4.99. The van der Waals surface area contributed by atoms with E-state index in [1.54, 1.807) is 34.1 Å². The second-order valence-corrected chi connectivity index (χ2v) is 9.14. The average Bonchev–Trinajstić information content (AvgIpc) is 3.34. The molecule has 4 heterocycles. The molecule has 7 nitrogen and oxygen atoms in total. The van der Waals surface area contributed by atoms with Crippen molar-refractivity contribution >= 4 is 27.5 Å². The Labute approximate surface area is 209 Å². The summed E-state index contributed by atoms with van der Waals surface area (Å²) in [6.07, 6.45) is 0.660. The highest BCUT2D eigenvalue weighted by atomic mass is 19.4. The molecule has 0 bridgehead atoms. The lowest BCUT2D eigenvalue weighted by atomic mass is 10.0. The molecule has 0 radical (unpaired) electrons. The number of alkyl halides is 3. The highest BCUT2D eigenvalue weighted by Crippen LogP contribution is 2.39. The summed E-state index contributed by atoms with van der Waals surface area (Å²) in [7, 11) is 1.82. The third-order valence-electron chi connectivity index (χ3n) is 6.76. The predicted molar refractivity (Wildman–Crippen MR) is 137 cm³/mol. The smallest absolute Gasteiger partial charge is 0.368 e. The Morgan fingerprint density at radius 3 is 2.49 bits per heavy atom. The fraction of sp³-hybridized carbons (Fsp3) is 0.222. The molecule has 10 heteroatoms. The number of anilines is 1. The monoisotopic (exact) mass is 504 g/mol. The number of benzene rings is 2. The van der Waals surface area contributed by atoms with Gasteiger partial charge in [0.1, 0.15) is 0 Å². The predicted octanol–water partition coefficient (Wildman–Crippen LogP) is 4.37. The zero-order valence-electron chi connectivity index (χ0n) is 20.0. The first-order chi connectivity index (χ1) is 17.8. The summed E-state index contributed by atoms with van der Waals surface area (Å²) in [5.41, 5.74) is 1.98. The highest BCUT2D eigenvalue weighted by Gasteiger charge is 2.36. The van der Waals surface area contributed by atoms with Crippen LogP contribution in [0.4, 0.5) is 18.9 Å². The Balaban J connectivity index is 1.61. The van der Waals surface area contributed by atoms with Crippen LogP contribution in [0, 0.1) is 0 Å². The molecule has 1 aliphatic heterocycles. The molecule has 1 saturated heterocycles. The van der Waals surface area contributed by atoms with E-state index < -0.39 is 17.3 Å². The van der Waals surface area contributed by atoms with Gasteiger partial charge in [0, 0.05) is 73.7 Å². The molecule has 0 spiro atoms. The minimum Gasteiger partial charge on any atom is -0.368 e. The number of aromatic nitrogens is 4. The molecule has 188 valence electrons. The standard InChI is InChI=1S/C27H23F3N6O/c1-34-16-19(15-33-34)17-2-5-23-21(12-17)26-18(14-32-23)3-7-25(37)36(26)20-4-6-24(22(13-20)27(28,29)30)35-10-8-31-9-11-35/h2-7,12-16,31H,8-11H2,1H3. The molecule has 37 heavy (non-hydrogen) atoms. The molecule has 0 unspecified atom stereocenters. The largest absolute Gasteiger partial charge is 0.418 e. The lowest BCUT2D eigenvalue weighted by Gasteiger charge is -2.32. The lowest BCUT2D eigenvalue weighted by molar-refractivity contribution is -0.137. The molecule has 1 fully saturated rings. The number of nitrogens with one attached hydrogen (secondary N) is 1. The maximum Gasteiger partial charge on any atom is 0.418 e. The second kappa shape index (κ2) is 8.74. The van der Waals surface area contributed by atoms with Gasteiger partial charge in [-0.3, -0.25) is 19.0 Å². The van der Waals surface area contributed by atoms with Crippen molar-refractivity contribution in [3.63, 3.8) is 0 Å². The molecule has 0 aliphatic carbocycles. The molecular formula is C27H23F3N6O. The van der Waals surface area contributed by atoms with Gasteiger partial charge in [-0.2, -0.15) is 18.3 Å². The first-order valence-electron chi connectivity index (χ1n) is 11.9. The van der Waals surface area contributed by atoms with Crippen molar-refractivity contribution in [2.75, 3.05) is 31.1 Å². The molecular weight excluding hydrogens is 481 g/mol. The Bertz CT molecular complexity index is 1700. The minimum absolute atomic E-state index is 0.122. The van der Waals surface area contributed by atoms with Gasteiger partial charge in [0.05, 0.1) is 28.5 Å². The molecule has 1 N–H and O–H groups in total. The topological polar surface area (TPSA) is 68.0 Å². The van der Waals surface area contributed by atoms with Gasteiger partial charge in [-0.25, -0.2) is 0 Å². The van der Waals surface area contributed by atoms with Crippen molar-refractivity contribution in [2.45, 2.75) is 6.18 Å². The van der Waals surface area contributed by atoms with Gasteiger partial charge in [-0.15, -0.1) is 0 Å². The van der Waals surface area contributed by atoms with Gasteiger partial charge in [-0.1, -0.05) is 6.07 Å². The van der Waals surface area contributed by atoms with Gasteiger partial charge in [0.15, 0.2) is 0 Å². The lowest BCUT2D eigenvalue weighted by Crippen LogP contribution is -2.44. The quantitative estimate of drug-likeness (QED) is 0.370. The Kier molecular flexibility index (Phi) is 5.49. The molecule has 2 aromatic carbocycles. The summed E-state index contributed by atoms with van der Waals surface area (Å²) in [6.45, 7) is 2.17. The number of hydrogen-bond acceptors (Lipinski definition) is 5. The van der Waals surface area contributed by atoms with Crippen LogP contribution in [0.5, 0.6) is 0 Å². The first kappa shape index (κ1) is 23.2. The van der Waals surface area contributed by atoms with Crippen molar-refractivity contribution in [3.8, 4) is 16.8 Å². The van der Waals surface area contributed by atoms with Crippen LogP contribution in [0.2, 0.25) is 0 Å². The Morgan fingerprint density at radius 2 is 1.76 bits per heavy atom. The third-order valence-corrected chi connectivity index (χ3v) is 6.76. The molecule has 3 aromatic heterocycles. The summed E-state index contributed by atoms with van der Waals surface area (Å²) in [4.78, 5) is 19.5. The maximum absolute atomic E-state index is 14.3. The zero-order chi connectivity index (χ0) is 25.7. The van der Waals surface area contributed by atoms with Gasteiger partial charge in [0.2, 0.25) is 0 Å². The van der Waals surface area contributed by atoms with E-state index in [0.717, 1.165) is 17.2 Å². The van der Waals surface area contributed by atoms with E-state index in [2.05, 4.69) is 15.4 Å². The molecule has 6 rings (SSSR count). The number of halogens is 3. The van der Waals surface area contributed by atoms with Crippen molar-refractivity contribution in [2.24, 2.45) is 7.05 Å². The van der Waals surface area contributed by atoms with Crippen LogP contribution in [-0.2, 0) is 13.2 Å². The van der Waals surface area contributed by atoms with E-state index in [9.17, 15) is 18.0 Å². The van der Waals surface area contributed by atoms with E-state index in [1.165, 1.54) is 16.7 Å². The first-order valence-corrected chi connectivity index (χ1v) is 11.9. The van der Waals surface area contributed by atoms with Gasteiger partial charge in [0.25, 0.3) is 5.56 Å². The highest BCUT2D eigenvalue weighted by molar-refractivity contribution is 6.05. The zero-order valence-corrected chi connectivity index (χ0v) is 20.0. The van der Waals surface area contributed by atoms with Crippen LogP contribution in [0.3, 0.4) is 0 Å². The van der Waals surface area contributed by atoms with Crippen molar-refractivity contribution in [1.29, 1.82) is 0 Å². The summed E-state index contributed by atoms with van der Waals surface area (Å²) in [6, 6.07) is 12.8. The van der Waals surface area contributed by atoms with E-state index in [4.69, 9.17) is 0 Å². The van der Waals surface area contributed by atoms with Crippen molar-refractivity contribution < 1.29 is 13.2 Å². The van der Waals surface area contributed by atoms with Gasteiger partial charge < -0.3 is 10.2 Å². The number of pyridine rings is 2. The van der Waals surface area contributed by atoms with Crippen LogP contribution in [0.15, 0.2) is 71.9 Å². The van der Waals surface area contributed by atoms with Crippen LogP contribution in [0.1, 0.15) is 5.56 Å². The van der Waals surface area contributed by atoms with Crippen molar-refractivity contribution in [3.05, 3.63) is 83.0 Å². The summed E-state index contributed by atoms with van der Waals surface area (Å²) >= 11 is 0. The number of piperazine rings is 1. The van der Waals surface area contributed by atoms with E-state index in [1.807, 2.05) is 31.4 Å². The van der Waals surface area contributed by atoms with Gasteiger partial charge in [-0.05, 0) is 42.0 Å². The van der Waals surface area contributed by atoms with E-state index in [0.29, 0.717) is 48.0 Å². The van der Waals surface area contributed by atoms with E-state index in [-0.39, 0.29) is 11.4 Å². The summed E-state index contributed by atoms with van der Waals surface area (Å²) in [5, 5.41) is 8.70. The molecule has 5 aromatic rings. The minimum atomic E-state index is -4.58. The molecule has 0 atom stereocenters. The number of rotatable bonds is 3. The van der Waals surface area contributed by atoms with E-state index >= 15 is 0 Å². The fourth-order valence-corrected chi connectivity index (χ4v) is 4.99. The Hall–Kier alpha value is -4.18. The number of fused-ring (bicyclic) bond motifs is 3. The number of nitrogens with zero attached hydrogens (tertiary/aromatic N) is 5. The normalized spacial score (nSPS) is 14.5. The SMILES string of the molecule is Cn1cc(-c2ccc3ncc4ccc(=O)n(-c5ccc(N6CCNCC6)c(C(F)(F)F)c5)c4c3c2)cn1. The summed E-state index contributed by atoms with van der Waals surface area (Å²) in [5.74, 6) is 0. The average molecular weight is 505 g/mol. The maximum atomic E-state index is 14.3. The van der Waals surface area contributed by atoms with Crippen molar-refractivity contribution in [1.82, 2.24) is 24.6 Å². The molecule has 0 saturated carbocycles. The number of hydrogen-bond donors (Lipinski definition) is 1. The number of aryl methyl sites for hydroxylation is 1. The second-order valence-electron chi connectivity index (χ2n) is 9.14. The molecule has 0 amide bonds. The van der Waals surface area contributed by atoms with Crippen LogP contribution >= 0.6 is 0 Å². The summed E-state index contributed by atoms with van der Waals surface area (Å²) < 4.78 is 45.8. The molecule has 1 aliphatic rings. The van der Waals surface area contributed by atoms with Crippen LogP contribution in [0.25, 0.3) is 38.6 Å². The third kappa shape index (κ3) is 4.13. The Morgan fingerprint density at radius 1 is 0.946 bits per heavy atom.